The first-order chi connectivity index (χ1) is 10.2. The van der Waals surface area contributed by atoms with Crippen molar-refractivity contribution < 1.29 is 9.90 Å². The van der Waals surface area contributed by atoms with Crippen LogP contribution in [0.2, 0.25) is 0 Å². The van der Waals surface area contributed by atoms with Crippen molar-refractivity contribution in [3.05, 3.63) is 42.1 Å². The van der Waals surface area contributed by atoms with Crippen molar-refractivity contribution in [2.45, 2.75) is 32.1 Å². The molecule has 1 aromatic heterocycles. The van der Waals surface area contributed by atoms with Gasteiger partial charge in [-0.2, -0.15) is 0 Å². The van der Waals surface area contributed by atoms with Crippen LogP contribution in [0, 0.1) is 17.3 Å². The summed E-state index contributed by atoms with van der Waals surface area (Å²) in [5, 5.41) is 11.0. The van der Waals surface area contributed by atoms with E-state index in [-0.39, 0.29) is 0 Å². The van der Waals surface area contributed by atoms with Crippen molar-refractivity contribution in [1.82, 2.24) is 4.98 Å². The monoisotopic (exact) mass is 281 g/mol. The highest BCUT2D eigenvalue weighted by Gasteiger charge is 2.55. The molecule has 108 valence electrons. The molecule has 2 aliphatic rings. The minimum atomic E-state index is -0.601. The van der Waals surface area contributed by atoms with Gasteiger partial charge in [0.15, 0.2) is 0 Å². The third-order valence-electron chi connectivity index (χ3n) is 5.65. The average Bonchev–Trinajstić information content (AvgIpc) is 3.09. The average molecular weight is 281 g/mol. The molecule has 1 aromatic carbocycles. The van der Waals surface area contributed by atoms with Gasteiger partial charge >= 0.3 is 5.97 Å². The second-order valence-corrected chi connectivity index (χ2v) is 6.71. The Balaban J connectivity index is 1.78. The highest BCUT2D eigenvalue weighted by atomic mass is 16.4. The van der Waals surface area contributed by atoms with E-state index in [1.807, 2.05) is 24.3 Å². The maximum atomic E-state index is 12.0. The Morgan fingerprint density at radius 3 is 2.86 bits per heavy atom. The maximum absolute atomic E-state index is 12.0. The third-order valence-corrected chi connectivity index (χ3v) is 5.65. The van der Waals surface area contributed by atoms with Crippen molar-refractivity contribution in [2.24, 2.45) is 17.3 Å². The fraction of sp³-hybridized carbons (Fsp3) is 0.444. The van der Waals surface area contributed by atoms with E-state index in [9.17, 15) is 9.90 Å². The lowest BCUT2D eigenvalue weighted by atomic mass is 9.69. The molecule has 2 aliphatic carbocycles. The van der Waals surface area contributed by atoms with Crippen molar-refractivity contribution >= 4 is 16.9 Å². The molecule has 3 unspecified atom stereocenters. The zero-order valence-corrected chi connectivity index (χ0v) is 12.0. The van der Waals surface area contributed by atoms with E-state index in [1.165, 1.54) is 6.42 Å². The fourth-order valence-corrected chi connectivity index (χ4v) is 4.65. The number of hydrogen-bond donors (Lipinski definition) is 1. The number of carboxylic acid groups (broad SMARTS) is 1. The number of fused-ring (bicyclic) bond motifs is 3. The van der Waals surface area contributed by atoms with Gasteiger partial charge in [-0.1, -0.05) is 24.6 Å². The predicted molar refractivity (Wildman–Crippen MR) is 81.0 cm³/mol. The first kappa shape index (κ1) is 12.8. The van der Waals surface area contributed by atoms with Gasteiger partial charge in [-0.15, -0.1) is 0 Å². The second-order valence-electron chi connectivity index (χ2n) is 6.71. The van der Waals surface area contributed by atoms with Crippen LogP contribution in [-0.4, -0.2) is 16.1 Å². The van der Waals surface area contributed by atoms with E-state index < -0.39 is 11.4 Å². The Morgan fingerprint density at radius 2 is 2.14 bits per heavy atom. The first-order valence-corrected chi connectivity index (χ1v) is 7.75. The molecule has 2 aromatic rings. The fourth-order valence-electron chi connectivity index (χ4n) is 4.65. The minimum Gasteiger partial charge on any atom is -0.481 e. The molecule has 0 radical (unpaired) electrons. The Labute approximate surface area is 124 Å². The summed E-state index contributed by atoms with van der Waals surface area (Å²) in [6, 6.07) is 10.0. The van der Waals surface area contributed by atoms with E-state index in [0.717, 1.165) is 35.7 Å². The maximum Gasteiger partial charge on any atom is 0.310 e. The van der Waals surface area contributed by atoms with E-state index in [2.05, 4.69) is 11.1 Å². The number of nitrogens with zero attached hydrogens (tertiary/aromatic N) is 1. The Morgan fingerprint density at radius 1 is 1.29 bits per heavy atom. The number of benzene rings is 1. The van der Waals surface area contributed by atoms with Crippen LogP contribution < -0.4 is 0 Å². The molecule has 0 spiro atoms. The molecule has 0 aliphatic heterocycles. The molecule has 0 saturated heterocycles. The highest BCUT2D eigenvalue weighted by molar-refractivity contribution is 5.83. The number of para-hydroxylation sites is 1. The lowest BCUT2D eigenvalue weighted by Gasteiger charge is -2.34. The lowest BCUT2D eigenvalue weighted by molar-refractivity contribution is -0.152. The second kappa shape index (κ2) is 4.55. The van der Waals surface area contributed by atoms with E-state index in [1.54, 1.807) is 6.20 Å². The molecule has 2 fully saturated rings. The van der Waals surface area contributed by atoms with Gasteiger partial charge < -0.3 is 5.11 Å². The molecular weight excluding hydrogens is 262 g/mol. The SMILES string of the molecule is O=C(O)C1(Cc2ccnc3ccccc23)CC2CCC1C2. The lowest BCUT2D eigenvalue weighted by Crippen LogP contribution is -2.38. The molecule has 1 heterocycles. The molecule has 3 atom stereocenters. The van der Waals surface area contributed by atoms with Crippen LogP contribution in [-0.2, 0) is 11.2 Å². The number of aromatic nitrogens is 1. The molecule has 3 nitrogen and oxygen atoms in total. The molecule has 21 heavy (non-hydrogen) atoms. The van der Waals surface area contributed by atoms with Gasteiger partial charge in [0.25, 0.3) is 0 Å². The van der Waals surface area contributed by atoms with E-state index >= 15 is 0 Å². The molecule has 3 heteroatoms. The molecule has 1 N–H and O–H groups in total. The summed E-state index contributed by atoms with van der Waals surface area (Å²) >= 11 is 0. The van der Waals surface area contributed by atoms with Crippen molar-refractivity contribution in [3.63, 3.8) is 0 Å². The summed E-state index contributed by atoms with van der Waals surface area (Å²) in [5.74, 6) is 0.377. The molecule has 0 amide bonds. The Bertz CT molecular complexity index is 706. The van der Waals surface area contributed by atoms with Crippen LogP contribution in [0.1, 0.15) is 31.2 Å². The number of pyridine rings is 1. The third kappa shape index (κ3) is 1.87. The van der Waals surface area contributed by atoms with E-state index in [4.69, 9.17) is 0 Å². The van der Waals surface area contributed by atoms with Crippen LogP contribution in [0.4, 0.5) is 0 Å². The van der Waals surface area contributed by atoms with Gasteiger partial charge in [0.05, 0.1) is 10.9 Å². The smallest absolute Gasteiger partial charge is 0.310 e. The van der Waals surface area contributed by atoms with Crippen LogP contribution in [0.5, 0.6) is 0 Å². The zero-order valence-electron chi connectivity index (χ0n) is 12.0. The number of rotatable bonds is 3. The van der Waals surface area contributed by atoms with Gasteiger partial charge in [-0.3, -0.25) is 9.78 Å². The van der Waals surface area contributed by atoms with Crippen LogP contribution >= 0.6 is 0 Å². The summed E-state index contributed by atoms with van der Waals surface area (Å²) < 4.78 is 0. The normalized spacial score (nSPS) is 30.9. The van der Waals surface area contributed by atoms with Gasteiger partial charge in [-0.05, 0) is 55.2 Å². The molecule has 2 bridgehead atoms. The molecule has 2 saturated carbocycles. The summed E-state index contributed by atoms with van der Waals surface area (Å²) in [7, 11) is 0. The quantitative estimate of drug-likeness (QED) is 0.934. The summed E-state index contributed by atoms with van der Waals surface area (Å²) in [4.78, 5) is 16.4. The van der Waals surface area contributed by atoms with Gasteiger partial charge in [0.1, 0.15) is 0 Å². The van der Waals surface area contributed by atoms with Gasteiger partial charge in [-0.25, -0.2) is 0 Å². The van der Waals surface area contributed by atoms with Crippen LogP contribution in [0.25, 0.3) is 10.9 Å². The highest BCUT2D eigenvalue weighted by Crippen LogP contribution is 2.57. The minimum absolute atomic E-state index is 0.354. The number of carbonyl (C=O) groups is 1. The van der Waals surface area contributed by atoms with Gasteiger partial charge in [0, 0.05) is 11.6 Å². The first-order valence-electron chi connectivity index (χ1n) is 7.75. The number of hydrogen-bond acceptors (Lipinski definition) is 2. The van der Waals surface area contributed by atoms with Crippen molar-refractivity contribution in [1.29, 1.82) is 0 Å². The summed E-state index contributed by atoms with van der Waals surface area (Å²) in [5.41, 5.74) is 1.54. The Hall–Kier alpha value is -1.90. The van der Waals surface area contributed by atoms with Crippen LogP contribution in [0.15, 0.2) is 36.5 Å². The predicted octanol–water partition coefficient (Wildman–Crippen LogP) is 3.67. The van der Waals surface area contributed by atoms with E-state index in [0.29, 0.717) is 18.3 Å². The topological polar surface area (TPSA) is 50.2 Å². The summed E-state index contributed by atoms with van der Waals surface area (Å²) in [6.07, 6.45) is 6.71. The Kier molecular flexibility index (Phi) is 2.78. The molecular formula is C18H19NO2. The number of aliphatic carboxylic acids is 1. The van der Waals surface area contributed by atoms with Crippen LogP contribution in [0.3, 0.4) is 0 Å². The summed E-state index contributed by atoms with van der Waals surface area (Å²) in [6.45, 7) is 0. The van der Waals surface area contributed by atoms with Crippen molar-refractivity contribution in [3.8, 4) is 0 Å². The number of carboxylic acids is 1. The standard InChI is InChI=1S/C18H19NO2/c20-17(21)18(10-12-5-6-14(18)9-12)11-13-7-8-19-16-4-2-1-3-15(13)16/h1-4,7-8,12,14H,5-6,9-11H2,(H,20,21). The van der Waals surface area contributed by atoms with Crippen molar-refractivity contribution in [2.75, 3.05) is 0 Å². The zero-order chi connectivity index (χ0) is 14.4. The molecule has 4 rings (SSSR count). The van der Waals surface area contributed by atoms with Gasteiger partial charge in [0.2, 0.25) is 0 Å². The largest absolute Gasteiger partial charge is 0.481 e.